The van der Waals surface area contributed by atoms with Gasteiger partial charge in [0.1, 0.15) is 6.10 Å². The van der Waals surface area contributed by atoms with Crippen molar-refractivity contribution in [1.29, 1.82) is 0 Å². The summed E-state index contributed by atoms with van der Waals surface area (Å²) in [7, 11) is 0. The highest BCUT2D eigenvalue weighted by Gasteiger charge is 2.23. The first-order valence-corrected chi connectivity index (χ1v) is 11.2. The zero-order valence-electron chi connectivity index (χ0n) is 16.9. The Morgan fingerprint density at radius 1 is 0.800 bits per heavy atom. The van der Waals surface area contributed by atoms with Crippen molar-refractivity contribution >= 4 is 0 Å². The van der Waals surface area contributed by atoms with Crippen molar-refractivity contribution in [3.63, 3.8) is 0 Å². The van der Waals surface area contributed by atoms with Crippen LogP contribution in [0, 0.1) is 0 Å². The quantitative estimate of drug-likeness (QED) is 0.324. The number of aliphatic hydroxyl groups excluding tert-OH is 1. The largest absolute Gasteiger partial charge is 0.390 e. The monoisotopic (exact) mass is 356 g/mol. The van der Waals surface area contributed by atoms with E-state index in [0.717, 1.165) is 32.5 Å². The van der Waals surface area contributed by atoms with E-state index in [0.29, 0.717) is 6.61 Å². The molecule has 0 spiro atoms. The predicted molar refractivity (Wildman–Crippen MR) is 106 cm³/mol. The second-order valence-electron chi connectivity index (χ2n) is 7.79. The van der Waals surface area contributed by atoms with Crippen molar-refractivity contribution in [3.8, 4) is 0 Å². The summed E-state index contributed by atoms with van der Waals surface area (Å²) in [6.07, 6.45) is 20.8. The fourth-order valence-electron chi connectivity index (χ4n) is 3.58. The summed E-state index contributed by atoms with van der Waals surface area (Å²) < 4.78 is 11.2. The molecule has 1 aliphatic heterocycles. The summed E-state index contributed by atoms with van der Waals surface area (Å²) in [5.41, 5.74) is 0. The number of unbranched alkanes of at least 4 members (excludes halogenated alkanes) is 13. The molecule has 0 radical (unpaired) electrons. The molecule has 1 rings (SSSR count). The van der Waals surface area contributed by atoms with E-state index in [2.05, 4.69) is 6.92 Å². The summed E-state index contributed by atoms with van der Waals surface area (Å²) >= 11 is 0. The molecule has 1 saturated heterocycles. The Balaban J connectivity index is 1.70. The van der Waals surface area contributed by atoms with Crippen molar-refractivity contribution in [1.82, 2.24) is 0 Å². The second-order valence-corrected chi connectivity index (χ2v) is 7.79. The molecule has 2 atom stereocenters. The minimum Gasteiger partial charge on any atom is -0.390 e. The van der Waals surface area contributed by atoms with Gasteiger partial charge < -0.3 is 14.6 Å². The van der Waals surface area contributed by atoms with Gasteiger partial charge >= 0.3 is 0 Å². The molecule has 3 heteroatoms. The van der Waals surface area contributed by atoms with Crippen LogP contribution >= 0.6 is 0 Å². The second kappa shape index (κ2) is 17.3. The highest BCUT2D eigenvalue weighted by Crippen LogP contribution is 2.15. The fraction of sp³-hybridized carbons (Fsp3) is 1.00. The molecule has 0 aliphatic carbocycles. The zero-order valence-corrected chi connectivity index (χ0v) is 16.9. The third-order valence-electron chi connectivity index (χ3n) is 5.33. The molecule has 0 saturated carbocycles. The van der Waals surface area contributed by atoms with E-state index in [9.17, 15) is 5.11 Å². The van der Waals surface area contributed by atoms with Crippen molar-refractivity contribution in [2.45, 2.75) is 122 Å². The molecule has 1 N–H and O–H groups in total. The van der Waals surface area contributed by atoms with Gasteiger partial charge in [0.15, 0.2) is 0 Å². The molecule has 25 heavy (non-hydrogen) atoms. The number of aliphatic hydroxyl groups is 1. The SMILES string of the molecule is CCCCCCCCCCCCCCCCOC[C@@H]1OCCC[C@@H]1O. The van der Waals surface area contributed by atoms with E-state index in [1.807, 2.05) is 0 Å². The molecule has 0 unspecified atom stereocenters. The van der Waals surface area contributed by atoms with Gasteiger partial charge in [0.25, 0.3) is 0 Å². The first-order chi connectivity index (χ1) is 12.3. The van der Waals surface area contributed by atoms with Crippen LogP contribution in [0.1, 0.15) is 110 Å². The van der Waals surface area contributed by atoms with Crippen LogP contribution in [0.3, 0.4) is 0 Å². The maximum atomic E-state index is 9.79. The minimum absolute atomic E-state index is 0.0969. The maximum absolute atomic E-state index is 9.79. The summed E-state index contributed by atoms with van der Waals surface area (Å²) in [5.74, 6) is 0. The van der Waals surface area contributed by atoms with Crippen molar-refractivity contribution in [3.05, 3.63) is 0 Å². The number of rotatable bonds is 17. The molecular formula is C22H44O3. The normalized spacial score (nSPS) is 20.9. The summed E-state index contributed by atoms with van der Waals surface area (Å²) in [6, 6.07) is 0. The van der Waals surface area contributed by atoms with Gasteiger partial charge in [0.2, 0.25) is 0 Å². The van der Waals surface area contributed by atoms with E-state index < -0.39 is 0 Å². The van der Waals surface area contributed by atoms with E-state index >= 15 is 0 Å². The van der Waals surface area contributed by atoms with Crippen molar-refractivity contribution in [2.75, 3.05) is 19.8 Å². The minimum atomic E-state index is -0.329. The van der Waals surface area contributed by atoms with E-state index in [4.69, 9.17) is 9.47 Å². The summed E-state index contributed by atoms with van der Waals surface area (Å²) in [4.78, 5) is 0. The Kier molecular flexibility index (Phi) is 15.9. The molecule has 1 heterocycles. The van der Waals surface area contributed by atoms with Gasteiger partial charge in [-0.1, -0.05) is 90.4 Å². The molecule has 0 amide bonds. The Morgan fingerprint density at radius 2 is 1.32 bits per heavy atom. The van der Waals surface area contributed by atoms with Crippen LogP contribution in [0.4, 0.5) is 0 Å². The lowest BCUT2D eigenvalue weighted by Crippen LogP contribution is -2.37. The first-order valence-electron chi connectivity index (χ1n) is 11.2. The van der Waals surface area contributed by atoms with Gasteiger partial charge in [-0.05, 0) is 19.3 Å². The van der Waals surface area contributed by atoms with Gasteiger partial charge in [-0.25, -0.2) is 0 Å². The average molecular weight is 357 g/mol. The topological polar surface area (TPSA) is 38.7 Å². The Bertz CT molecular complexity index is 270. The van der Waals surface area contributed by atoms with E-state index in [1.54, 1.807) is 0 Å². The molecule has 3 nitrogen and oxygen atoms in total. The highest BCUT2D eigenvalue weighted by atomic mass is 16.5. The van der Waals surface area contributed by atoms with Crippen LogP contribution < -0.4 is 0 Å². The predicted octanol–water partition coefficient (Wildman–Crippen LogP) is 6.02. The lowest BCUT2D eigenvalue weighted by Gasteiger charge is -2.27. The first kappa shape index (κ1) is 22.9. The molecule has 0 aromatic heterocycles. The van der Waals surface area contributed by atoms with Gasteiger partial charge in [0.05, 0.1) is 12.7 Å². The summed E-state index contributed by atoms with van der Waals surface area (Å²) in [6.45, 7) is 4.42. The van der Waals surface area contributed by atoms with Crippen LogP contribution in [-0.4, -0.2) is 37.1 Å². The zero-order chi connectivity index (χ0) is 18.0. The van der Waals surface area contributed by atoms with E-state index in [1.165, 1.54) is 83.5 Å². The summed E-state index contributed by atoms with van der Waals surface area (Å²) in [5, 5.41) is 9.79. The Labute approximate surface area is 156 Å². The lowest BCUT2D eigenvalue weighted by molar-refractivity contribution is -0.107. The van der Waals surface area contributed by atoms with Gasteiger partial charge in [-0.2, -0.15) is 0 Å². The molecule has 0 aromatic carbocycles. The third kappa shape index (κ3) is 13.7. The van der Waals surface area contributed by atoms with Crippen molar-refractivity contribution in [2.24, 2.45) is 0 Å². The maximum Gasteiger partial charge on any atom is 0.107 e. The van der Waals surface area contributed by atoms with Crippen LogP contribution in [-0.2, 0) is 9.47 Å². The van der Waals surface area contributed by atoms with Gasteiger partial charge in [0, 0.05) is 13.2 Å². The van der Waals surface area contributed by atoms with Gasteiger partial charge in [-0.15, -0.1) is 0 Å². The Hall–Kier alpha value is -0.120. The van der Waals surface area contributed by atoms with Crippen LogP contribution in [0.2, 0.25) is 0 Å². The third-order valence-corrected chi connectivity index (χ3v) is 5.33. The fourth-order valence-corrected chi connectivity index (χ4v) is 3.58. The Morgan fingerprint density at radius 3 is 1.84 bits per heavy atom. The van der Waals surface area contributed by atoms with Gasteiger partial charge in [-0.3, -0.25) is 0 Å². The van der Waals surface area contributed by atoms with Crippen molar-refractivity contribution < 1.29 is 14.6 Å². The number of hydrogen-bond acceptors (Lipinski definition) is 3. The standard InChI is InChI=1S/C22H44O3/c1-2-3-4-5-6-7-8-9-10-11-12-13-14-15-18-24-20-22-21(23)17-16-19-25-22/h21-23H,2-20H2,1H3/t21-,22-/m0/s1. The molecule has 150 valence electrons. The molecule has 1 aliphatic rings. The number of hydrogen-bond donors (Lipinski definition) is 1. The smallest absolute Gasteiger partial charge is 0.107 e. The van der Waals surface area contributed by atoms with Crippen LogP contribution in [0.25, 0.3) is 0 Å². The average Bonchev–Trinajstić information content (AvgIpc) is 2.63. The molecule has 0 bridgehead atoms. The lowest BCUT2D eigenvalue weighted by atomic mass is 10.0. The van der Waals surface area contributed by atoms with Crippen LogP contribution in [0.5, 0.6) is 0 Å². The highest BCUT2D eigenvalue weighted by molar-refractivity contribution is 4.72. The van der Waals surface area contributed by atoms with Crippen LogP contribution in [0.15, 0.2) is 0 Å². The molecule has 1 fully saturated rings. The van der Waals surface area contributed by atoms with E-state index in [-0.39, 0.29) is 12.2 Å². The molecule has 0 aromatic rings. The molecular weight excluding hydrogens is 312 g/mol. The number of ether oxygens (including phenoxy) is 2.